The molecule has 0 aliphatic heterocycles. The first-order chi connectivity index (χ1) is 10.5. The van der Waals surface area contributed by atoms with Crippen molar-refractivity contribution in [2.24, 2.45) is 7.05 Å². The second-order valence-corrected chi connectivity index (χ2v) is 5.15. The Morgan fingerprint density at radius 2 is 2.14 bits per heavy atom. The molecule has 118 valence electrons. The summed E-state index contributed by atoms with van der Waals surface area (Å²) in [5, 5.41) is 4.09. The first-order valence-corrected chi connectivity index (χ1v) is 7.01. The van der Waals surface area contributed by atoms with Gasteiger partial charge in [0.1, 0.15) is 13.3 Å². The molecule has 0 bridgehead atoms. The number of aryl methyl sites for hydroxylation is 1. The molecule has 0 N–H and O–H groups in total. The van der Waals surface area contributed by atoms with Gasteiger partial charge in [-0.2, -0.15) is 0 Å². The van der Waals surface area contributed by atoms with Crippen LogP contribution in [0.3, 0.4) is 0 Å². The van der Waals surface area contributed by atoms with E-state index in [2.05, 4.69) is 5.10 Å². The van der Waals surface area contributed by atoms with E-state index in [-0.39, 0.29) is 12.7 Å². The van der Waals surface area contributed by atoms with Gasteiger partial charge in [0.2, 0.25) is 5.88 Å². The fourth-order valence-electron chi connectivity index (χ4n) is 2.02. The van der Waals surface area contributed by atoms with Gasteiger partial charge in [0.15, 0.2) is 0 Å². The summed E-state index contributed by atoms with van der Waals surface area (Å²) in [5.74, 6) is -0.0655. The zero-order chi connectivity index (χ0) is 16.1. The Kier molecular flexibility index (Phi) is 5.14. The smallest absolute Gasteiger partial charge is 0.338 e. The fraction of sp³-hybridized carbons (Fsp3) is 0.375. The molecule has 0 aliphatic rings. The standard InChI is InChI=1S/C16H19FN2O3/c1-11(2)22-16(20)13-6-4-5-12(9-17)14(13)10-21-15-7-8-19(3)18-15/h4-8,11H,9-10H2,1-3H3. The monoisotopic (exact) mass is 306 g/mol. The van der Waals surface area contributed by atoms with Gasteiger partial charge < -0.3 is 9.47 Å². The number of alkyl halides is 1. The first kappa shape index (κ1) is 16.0. The van der Waals surface area contributed by atoms with Crippen LogP contribution in [0.15, 0.2) is 30.5 Å². The normalized spacial score (nSPS) is 10.8. The summed E-state index contributed by atoms with van der Waals surface area (Å²) in [6.45, 7) is 2.91. The predicted molar refractivity (Wildman–Crippen MR) is 79.3 cm³/mol. The van der Waals surface area contributed by atoms with Crippen LogP contribution in [-0.4, -0.2) is 21.9 Å². The van der Waals surface area contributed by atoms with E-state index in [1.165, 1.54) is 0 Å². The Morgan fingerprint density at radius 3 is 2.73 bits per heavy atom. The quantitative estimate of drug-likeness (QED) is 0.770. The first-order valence-electron chi connectivity index (χ1n) is 7.01. The lowest BCUT2D eigenvalue weighted by molar-refractivity contribution is 0.0374. The van der Waals surface area contributed by atoms with Crippen molar-refractivity contribution in [3.05, 3.63) is 47.2 Å². The zero-order valence-electron chi connectivity index (χ0n) is 12.9. The largest absolute Gasteiger partial charge is 0.472 e. The van der Waals surface area contributed by atoms with Crippen molar-refractivity contribution in [3.63, 3.8) is 0 Å². The number of nitrogens with zero attached hydrogens (tertiary/aromatic N) is 2. The van der Waals surface area contributed by atoms with Crippen LogP contribution in [0.2, 0.25) is 0 Å². The summed E-state index contributed by atoms with van der Waals surface area (Å²) in [4.78, 5) is 12.1. The second-order valence-electron chi connectivity index (χ2n) is 5.15. The number of esters is 1. The SMILES string of the molecule is CC(C)OC(=O)c1cccc(CF)c1COc1ccn(C)n1. The highest BCUT2D eigenvalue weighted by Crippen LogP contribution is 2.20. The number of ether oxygens (including phenoxy) is 2. The van der Waals surface area contributed by atoms with Gasteiger partial charge in [-0.25, -0.2) is 9.18 Å². The van der Waals surface area contributed by atoms with Crippen molar-refractivity contribution in [1.82, 2.24) is 9.78 Å². The van der Waals surface area contributed by atoms with Crippen LogP contribution in [0.5, 0.6) is 5.88 Å². The predicted octanol–water partition coefficient (Wildman–Crippen LogP) is 3.03. The van der Waals surface area contributed by atoms with E-state index >= 15 is 0 Å². The van der Waals surface area contributed by atoms with E-state index in [0.717, 1.165) is 0 Å². The molecule has 0 fully saturated rings. The molecule has 0 amide bonds. The molecule has 5 nitrogen and oxygen atoms in total. The lowest BCUT2D eigenvalue weighted by Gasteiger charge is -2.14. The molecule has 2 rings (SSSR count). The Labute approximate surface area is 128 Å². The van der Waals surface area contributed by atoms with E-state index in [9.17, 15) is 9.18 Å². The van der Waals surface area contributed by atoms with Crippen LogP contribution >= 0.6 is 0 Å². The van der Waals surface area contributed by atoms with Crippen molar-refractivity contribution in [1.29, 1.82) is 0 Å². The minimum atomic E-state index is -0.677. The molecule has 1 aromatic heterocycles. The second kappa shape index (κ2) is 7.06. The highest BCUT2D eigenvalue weighted by molar-refractivity contribution is 5.91. The molecule has 0 spiro atoms. The number of carbonyl (C=O) groups excluding carboxylic acids is 1. The number of benzene rings is 1. The fourth-order valence-corrected chi connectivity index (χ4v) is 2.02. The lowest BCUT2D eigenvalue weighted by Crippen LogP contribution is -2.15. The summed E-state index contributed by atoms with van der Waals surface area (Å²) in [6, 6.07) is 6.57. The molecule has 0 saturated heterocycles. The van der Waals surface area contributed by atoms with Crippen molar-refractivity contribution in [2.75, 3.05) is 0 Å². The Hall–Kier alpha value is -2.37. The minimum absolute atomic E-state index is 0.0552. The van der Waals surface area contributed by atoms with Crippen molar-refractivity contribution < 1.29 is 18.7 Å². The van der Waals surface area contributed by atoms with Crippen LogP contribution in [0.4, 0.5) is 4.39 Å². The molecule has 0 unspecified atom stereocenters. The maximum atomic E-state index is 13.2. The molecular formula is C16H19FN2O3. The maximum Gasteiger partial charge on any atom is 0.338 e. The number of hydrogen-bond acceptors (Lipinski definition) is 4. The van der Waals surface area contributed by atoms with Gasteiger partial charge in [-0.3, -0.25) is 4.68 Å². The third-order valence-electron chi connectivity index (χ3n) is 3.03. The van der Waals surface area contributed by atoms with Gasteiger partial charge >= 0.3 is 5.97 Å². The number of rotatable bonds is 6. The number of aromatic nitrogens is 2. The van der Waals surface area contributed by atoms with E-state index in [1.54, 1.807) is 56.0 Å². The van der Waals surface area contributed by atoms with Crippen molar-refractivity contribution in [3.8, 4) is 5.88 Å². The van der Waals surface area contributed by atoms with Gasteiger partial charge in [0.25, 0.3) is 0 Å². The summed E-state index contributed by atoms with van der Waals surface area (Å²) >= 11 is 0. The Bertz CT molecular complexity index is 653. The molecule has 0 atom stereocenters. The molecule has 1 aromatic carbocycles. The maximum absolute atomic E-state index is 13.2. The average molecular weight is 306 g/mol. The van der Waals surface area contributed by atoms with Crippen molar-refractivity contribution in [2.45, 2.75) is 33.2 Å². The molecule has 22 heavy (non-hydrogen) atoms. The lowest BCUT2D eigenvalue weighted by atomic mass is 10.0. The topological polar surface area (TPSA) is 53.4 Å². The summed E-state index contributed by atoms with van der Waals surface area (Å²) in [6.07, 6.45) is 1.50. The molecule has 0 saturated carbocycles. The van der Waals surface area contributed by atoms with Crippen molar-refractivity contribution >= 4 is 5.97 Å². The van der Waals surface area contributed by atoms with E-state index in [1.807, 2.05) is 0 Å². The summed E-state index contributed by atoms with van der Waals surface area (Å²) in [7, 11) is 1.77. The Morgan fingerprint density at radius 1 is 1.36 bits per heavy atom. The van der Waals surface area contributed by atoms with Crippen LogP contribution in [-0.2, 0) is 25.1 Å². The highest BCUT2D eigenvalue weighted by Gasteiger charge is 2.18. The number of carbonyl (C=O) groups is 1. The summed E-state index contributed by atoms with van der Waals surface area (Å²) < 4.78 is 25.5. The number of halogens is 1. The van der Waals surface area contributed by atoms with Crippen LogP contribution in [0.1, 0.15) is 35.3 Å². The van der Waals surface area contributed by atoms with Crippen LogP contribution < -0.4 is 4.74 Å². The molecule has 0 radical (unpaired) electrons. The highest BCUT2D eigenvalue weighted by atomic mass is 19.1. The van der Waals surface area contributed by atoms with Gasteiger partial charge in [-0.15, -0.1) is 5.10 Å². The molecule has 6 heteroatoms. The third kappa shape index (κ3) is 3.84. The molecule has 2 aromatic rings. The third-order valence-corrected chi connectivity index (χ3v) is 3.03. The zero-order valence-corrected chi connectivity index (χ0v) is 12.9. The minimum Gasteiger partial charge on any atom is -0.472 e. The van der Waals surface area contributed by atoms with Gasteiger partial charge in [-0.1, -0.05) is 12.1 Å². The van der Waals surface area contributed by atoms with Crippen LogP contribution in [0, 0.1) is 0 Å². The number of hydrogen-bond donors (Lipinski definition) is 0. The van der Waals surface area contributed by atoms with E-state index < -0.39 is 12.6 Å². The Balaban J connectivity index is 2.24. The van der Waals surface area contributed by atoms with Gasteiger partial charge in [0.05, 0.1) is 11.7 Å². The van der Waals surface area contributed by atoms with Gasteiger partial charge in [0, 0.05) is 24.9 Å². The van der Waals surface area contributed by atoms with Gasteiger partial charge in [-0.05, 0) is 25.5 Å². The average Bonchev–Trinajstić information content (AvgIpc) is 2.89. The van der Waals surface area contributed by atoms with Crippen LogP contribution in [0.25, 0.3) is 0 Å². The molecular weight excluding hydrogens is 287 g/mol. The summed E-state index contributed by atoms with van der Waals surface area (Å²) in [5.41, 5.74) is 1.22. The molecule has 0 aliphatic carbocycles. The van der Waals surface area contributed by atoms with E-state index in [4.69, 9.17) is 9.47 Å². The molecule has 1 heterocycles. The van der Waals surface area contributed by atoms with E-state index in [0.29, 0.717) is 22.6 Å².